The fourth-order valence-electron chi connectivity index (χ4n) is 16.0. The molecule has 9 heterocycles. The van der Waals surface area contributed by atoms with Gasteiger partial charge >= 0.3 is 17.9 Å². The summed E-state index contributed by atoms with van der Waals surface area (Å²) in [6, 6.07) is 33.5. The minimum Gasteiger partial charge on any atom is -0.486 e. The monoisotopic (exact) mass is 1560 g/mol. The van der Waals surface area contributed by atoms with Crippen LogP contribution >= 0.6 is 0 Å². The van der Waals surface area contributed by atoms with E-state index in [1.165, 1.54) is 22.4 Å². The Kier molecular flexibility index (Phi) is 30.7. The van der Waals surface area contributed by atoms with E-state index in [2.05, 4.69) is 55.9 Å². The van der Waals surface area contributed by atoms with Crippen LogP contribution in [-0.2, 0) is 123 Å². The minimum absolute atomic E-state index is 0.0369. The molecule has 17 rings (SSSR count). The number of carbonyl (C=O) groups is 5. The highest BCUT2D eigenvalue weighted by Gasteiger charge is 2.40. The van der Waals surface area contributed by atoms with Crippen molar-refractivity contribution in [3.8, 4) is 17.6 Å². The number of ether oxygens (including phenoxy) is 4. The van der Waals surface area contributed by atoms with Gasteiger partial charge in [-0.05, 0) is 235 Å². The van der Waals surface area contributed by atoms with E-state index >= 15 is 4.39 Å². The number of carbonyl (C=O) groups excluding carboxylic acids is 4. The lowest BCUT2D eigenvalue weighted by molar-refractivity contribution is -0.156. The van der Waals surface area contributed by atoms with Crippen LogP contribution in [0.5, 0.6) is 11.5 Å². The number of aromatic nitrogens is 7. The summed E-state index contributed by atoms with van der Waals surface area (Å²) in [5.41, 5.74) is 15.4. The largest absolute Gasteiger partial charge is 0.486 e. The number of esters is 2. The summed E-state index contributed by atoms with van der Waals surface area (Å²) in [6.45, 7) is 7.42. The lowest BCUT2D eigenvalue weighted by atomic mass is 9.97. The second-order valence-electron chi connectivity index (χ2n) is 29.9. The highest BCUT2D eigenvalue weighted by molar-refractivity contribution is 5.81. The highest BCUT2D eigenvalue weighted by Crippen LogP contribution is 2.37. The summed E-state index contributed by atoms with van der Waals surface area (Å²) in [4.78, 5) is 88.2. The Hall–Kier alpha value is -10.5. The molecule has 2 aliphatic heterocycles. The maximum absolute atomic E-state index is 15.3. The highest BCUT2D eigenvalue weighted by atomic mass is 19.1. The van der Waals surface area contributed by atoms with Crippen LogP contribution in [0.25, 0.3) is 0 Å². The van der Waals surface area contributed by atoms with E-state index in [-0.39, 0.29) is 36.9 Å². The number of carboxylic acid groups (broad SMARTS) is 1. The third-order valence-corrected chi connectivity index (χ3v) is 22.0. The predicted octanol–water partition coefficient (Wildman–Crippen LogP) is 8.32. The second kappa shape index (κ2) is 41.5. The third-order valence-electron chi connectivity index (χ3n) is 22.0. The number of fused-ring (bicyclic) bond motifs is 8. The number of amides is 1. The summed E-state index contributed by atoms with van der Waals surface area (Å²) < 4.78 is 62.9. The van der Waals surface area contributed by atoms with Crippen molar-refractivity contribution in [1.29, 1.82) is 5.26 Å². The number of aldehydes is 1. The summed E-state index contributed by atoms with van der Waals surface area (Å²) in [5, 5.41) is 59.2. The van der Waals surface area contributed by atoms with Crippen LogP contribution in [0.2, 0.25) is 0 Å². The van der Waals surface area contributed by atoms with Crippen molar-refractivity contribution in [2.24, 2.45) is 41.4 Å². The van der Waals surface area contributed by atoms with E-state index in [0.717, 1.165) is 127 Å². The number of aliphatic hydroxyl groups excluding tert-OH is 4. The maximum Gasteiger partial charge on any atom is 0.341 e. The van der Waals surface area contributed by atoms with E-state index in [1.807, 2.05) is 85.1 Å². The third kappa shape index (κ3) is 22.5. The fraction of sp³-hybridized carbons (Fsp3) is 0.460. The molecule has 602 valence electrons. The minimum atomic E-state index is -1.77. The normalized spacial score (nSPS) is 21.5. The second-order valence-corrected chi connectivity index (χ2v) is 29.9. The van der Waals surface area contributed by atoms with E-state index in [1.54, 1.807) is 75.3 Å². The van der Waals surface area contributed by atoms with Crippen molar-refractivity contribution in [3.63, 3.8) is 0 Å². The Morgan fingerprint density at radius 2 is 0.930 bits per heavy atom. The average Bonchev–Trinajstić information content (AvgIpc) is 1.26. The number of alkyl halides is 3. The van der Waals surface area contributed by atoms with Crippen LogP contribution in [0.3, 0.4) is 0 Å². The fourth-order valence-corrected chi connectivity index (χ4v) is 16.0. The number of nitrogens with one attached hydrogen (secondary N) is 1. The van der Waals surface area contributed by atoms with Crippen LogP contribution in [0.4, 0.5) is 13.2 Å². The zero-order chi connectivity index (χ0) is 80.6. The van der Waals surface area contributed by atoms with Gasteiger partial charge in [0.2, 0.25) is 12.3 Å². The molecule has 9 aliphatic rings. The Balaban J connectivity index is 0.000000137. The Morgan fingerprint density at radius 1 is 0.526 bits per heavy atom. The predicted molar refractivity (Wildman–Crippen MR) is 412 cm³/mol. The Labute approximate surface area is 661 Å². The number of halogens is 3. The molecule has 114 heavy (non-hydrogen) atoms. The van der Waals surface area contributed by atoms with Gasteiger partial charge in [-0.3, -0.25) is 39.7 Å². The molecule has 7 aromatic heterocycles. The number of pyridine rings is 7. The van der Waals surface area contributed by atoms with Gasteiger partial charge in [0, 0.05) is 132 Å². The molecule has 1 saturated heterocycles. The van der Waals surface area contributed by atoms with E-state index in [9.17, 15) is 48.1 Å². The topological polar surface area (TPSA) is 353 Å². The number of hydrogen-bond acceptors (Lipinski definition) is 22. The first-order chi connectivity index (χ1) is 55.3. The summed E-state index contributed by atoms with van der Waals surface area (Å²) in [5.74, 6) is -2.77. The molecule has 14 atom stereocenters. The molecule has 7 aliphatic carbocycles. The average molecular weight is 1570 g/mol. The van der Waals surface area contributed by atoms with Gasteiger partial charge in [-0.1, -0.05) is 48.5 Å². The van der Waals surface area contributed by atoms with Gasteiger partial charge in [-0.2, -0.15) is 5.26 Å². The molecule has 8 aromatic rings. The molecule has 1 fully saturated rings. The first kappa shape index (κ1) is 84.4. The lowest BCUT2D eigenvalue weighted by Crippen LogP contribution is -2.50. The molecule has 6 N–H and O–H groups in total. The lowest BCUT2D eigenvalue weighted by Gasteiger charge is -2.30. The first-order valence-electron chi connectivity index (χ1n) is 39.2. The number of carboxylic acids is 1. The van der Waals surface area contributed by atoms with Gasteiger partial charge in [-0.25, -0.2) is 27.6 Å². The van der Waals surface area contributed by atoms with Crippen molar-refractivity contribution < 1.29 is 81.6 Å². The Bertz CT molecular complexity index is 4340. The Morgan fingerprint density at radius 3 is 1.37 bits per heavy atom. The number of rotatable bonds is 18. The molecule has 1 amide bonds. The summed E-state index contributed by atoms with van der Waals surface area (Å²) >= 11 is 0. The van der Waals surface area contributed by atoms with Crippen molar-refractivity contribution in [3.05, 3.63) is 231 Å². The van der Waals surface area contributed by atoms with Crippen LogP contribution < -0.4 is 14.8 Å². The van der Waals surface area contributed by atoms with Crippen LogP contribution in [0, 0.1) is 52.8 Å². The zero-order valence-electron chi connectivity index (χ0n) is 64.1. The number of hydrogen-bond donors (Lipinski definition) is 6. The number of nitriles is 1. The number of aliphatic carboxylic acids is 1. The van der Waals surface area contributed by atoms with E-state index < -0.39 is 78.5 Å². The van der Waals surface area contributed by atoms with Gasteiger partial charge < -0.3 is 59.5 Å². The quantitative estimate of drug-likeness (QED) is 0.0267. The molecule has 27 heteroatoms. The zero-order valence-corrected chi connectivity index (χ0v) is 64.1. The van der Waals surface area contributed by atoms with Crippen molar-refractivity contribution in [1.82, 2.24) is 45.1 Å². The standard InChI is InChI=1S/C25H30FN3O4.C12H14FNO2.C12H15NO3.C10H10FNO2.C10H10N2O.C9H11NO.C9H9NO/c26-23(18-12-16-4-3-7-27-19(16)13-18)25(31)28-20(15-29-8-1-2-9-29)24(30)17-5-6-21-22(14-17)33-11-10-32-21;1-2-16-12(15)11(13)9-6-8-4-3-5-14-10(8)7-9;1-2-16-12(15)11(14)9-6-8-4-3-5-13-10(8)7-9;11-9(10(13)14)7-4-6-2-1-3-12-8(6)5-7;11-6-10(13)8-4-7-2-1-3-12-9(7)5-8;2*11-6-7-4-8-2-1-3-10-9(8)5-7/h3-7,14,18,20,23-24,30H,1-2,8-13,15H2,(H,28,31);3-5,9,11H,2,6-7H2,1H3;3-5,9,11,14H,2,6-7H2,1H3;1-3,7,9H,4-5H2,(H,13,14);1-3,8,10,13H,4-5H2;1-3,7,11H,4-6H2;1-3,6-7H,4-5H2/t18?,20-,23?,24-;;;;;;/m1....../s1. The smallest absolute Gasteiger partial charge is 0.341 e. The first-order valence-corrected chi connectivity index (χ1v) is 39.2. The van der Waals surface area contributed by atoms with Crippen molar-refractivity contribution in [2.45, 2.75) is 159 Å². The van der Waals surface area contributed by atoms with Gasteiger partial charge in [0.15, 0.2) is 23.8 Å². The van der Waals surface area contributed by atoms with Crippen molar-refractivity contribution >= 4 is 30.1 Å². The van der Waals surface area contributed by atoms with Gasteiger partial charge in [-0.15, -0.1) is 0 Å². The molecule has 0 radical (unpaired) electrons. The van der Waals surface area contributed by atoms with E-state index in [0.29, 0.717) is 101 Å². The SMILES string of the molecule is CCOC(=O)C(F)C1Cc2cccnc2C1.CCOC(=O)C(O)C1Cc2cccnc2C1.N#CC(O)C1Cc2cccnc2C1.O=C(N[C@H](CN1CCCC1)[C@H](O)c1ccc2c(c1)OCCO2)C(F)C1Cc2cccnc2C1.O=C(O)C(F)C1Cc2cccnc2C1.O=CC1Cc2cccnc2C1.OCC1Cc2cccnc2C1. The molecular formula is C87H99F3N10O14. The molecule has 24 nitrogen and oxygen atoms in total. The number of benzene rings is 1. The van der Waals surface area contributed by atoms with Gasteiger partial charge in [0.05, 0.1) is 25.3 Å². The number of nitrogens with zero attached hydrogens (tertiary/aromatic N) is 9. The molecule has 0 spiro atoms. The molecule has 0 bridgehead atoms. The van der Waals surface area contributed by atoms with Gasteiger partial charge in [0.25, 0.3) is 5.91 Å². The molecule has 0 saturated carbocycles. The van der Waals surface area contributed by atoms with Crippen LogP contribution in [0.1, 0.15) is 117 Å². The summed E-state index contributed by atoms with van der Waals surface area (Å²) in [6.07, 6.45) is 16.9. The molecule has 12 unspecified atom stereocenters. The van der Waals surface area contributed by atoms with Crippen LogP contribution in [-0.4, -0.2) is 185 Å². The summed E-state index contributed by atoms with van der Waals surface area (Å²) in [7, 11) is 0. The van der Waals surface area contributed by atoms with E-state index in [4.69, 9.17) is 29.7 Å². The maximum atomic E-state index is 15.3. The molecular weight excluding hydrogens is 1470 g/mol. The van der Waals surface area contributed by atoms with Crippen LogP contribution in [0.15, 0.2) is 147 Å². The van der Waals surface area contributed by atoms with Gasteiger partial charge in [0.1, 0.15) is 31.7 Å². The molecule has 1 aromatic carbocycles. The van der Waals surface area contributed by atoms with Crippen molar-refractivity contribution in [2.75, 3.05) is 52.7 Å². The number of aliphatic hydroxyl groups is 4. The number of likely N-dealkylation sites (tertiary alicyclic amines) is 1.